The fourth-order valence-corrected chi connectivity index (χ4v) is 1.83. The lowest BCUT2D eigenvalue weighted by Gasteiger charge is -2.18. The standard InChI is InChI=1S/C15H17NO3/c1-9-12(14(17)18)19-13(16-9)10-5-7-11(8-6-10)15(2,3)4/h5-8H,1-4H3,(H,17,18). The van der Waals surface area contributed by atoms with Crippen LogP contribution in [-0.4, -0.2) is 16.1 Å². The Morgan fingerprint density at radius 3 is 2.21 bits per heavy atom. The Hall–Kier alpha value is -2.10. The summed E-state index contributed by atoms with van der Waals surface area (Å²) in [5.74, 6) is -0.854. The smallest absolute Gasteiger partial charge is 0.373 e. The maximum absolute atomic E-state index is 10.9. The number of hydrogen-bond donors (Lipinski definition) is 1. The molecule has 1 N–H and O–H groups in total. The number of aromatic carboxylic acids is 1. The molecule has 0 fully saturated rings. The van der Waals surface area contributed by atoms with E-state index in [0.717, 1.165) is 5.56 Å². The highest BCUT2D eigenvalue weighted by Crippen LogP contribution is 2.26. The molecule has 1 aromatic heterocycles. The lowest BCUT2D eigenvalue weighted by atomic mass is 9.87. The number of carbonyl (C=O) groups is 1. The summed E-state index contributed by atoms with van der Waals surface area (Å²) in [5, 5.41) is 8.94. The van der Waals surface area contributed by atoms with E-state index in [0.29, 0.717) is 11.6 Å². The molecule has 0 saturated heterocycles. The van der Waals surface area contributed by atoms with Crippen LogP contribution in [0.4, 0.5) is 0 Å². The molecule has 4 nitrogen and oxygen atoms in total. The van der Waals surface area contributed by atoms with Gasteiger partial charge in [0.25, 0.3) is 0 Å². The largest absolute Gasteiger partial charge is 0.475 e. The Morgan fingerprint density at radius 2 is 1.79 bits per heavy atom. The van der Waals surface area contributed by atoms with E-state index < -0.39 is 5.97 Å². The second-order valence-corrected chi connectivity index (χ2v) is 5.57. The van der Waals surface area contributed by atoms with Crippen molar-refractivity contribution in [1.82, 2.24) is 4.98 Å². The van der Waals surface area contributed by atoms with Gasteiger partial charge in [0, 0.05) is 5.56 Å². The molecule has 1 heterocycles. The second kappa shape index (κ2) is 4.53. The summed E-state index contributed by atoms with van der Waals surface area (Å²) in [6.07, 6.45) is 0. The second-order valence-electron chi connectivity index (χ2n) is 5.57. The zero-order valence-corrected chi connectivity index (χ0v) is 11.5. The minimum atomic E-state index is -1.09. The van der Waals surface area contributed by atoms with E-state index in [1.807, 2.05) is 24.3 Å². The molecule has 4 heteroatoms. The number of oxazole rings is 1. The molecular formula is C15H17NO3. The van der Waals surface area contributed by atoms with Gasteiger partial charge in [-0.15, -0.1) is 0 Å². The normalized spacial score (nSPS) is 11.6. The minimum absolute atomic E-state index is 0.0806. The van der Waals surface area contributed by atoms with Crippen LogP contribution in [0.15, 0.2) is 28.7 Å². The third-order valence-electron chi connectivity index (χ3n) is 2.99. The number of carboxylic acids is 1. The van der Waals surface area contributed by atoms with Gasteiger partial charge in [0.15, 0.2) is 0 Å². The molecule has 0 saturated carbocycles. The summed E-state index contributed by atoms with van der Waals surface area (Å²) in [7, 11) is 0. The first-order valence-corrected chi connectivity index (χ1v) is 6.10. The summed E-state index contributed by atoms with van der Waals surface area (Å²) in [6, 6.07) is 7.82. The van der Waals surface area contributed by atoms with Crippen molar-refractivity contribution in [2.45, 2.75) is 33.1 Å². The predicted octanol–water partition coefficient (Wildman–Crippen LogP) is 3.65. The number of nitrogens with zero attached hydrogens (tertiary/aromatic N) is 1. The average molecular weight is 259 g/mol. The lowest BCUT2D eigenvalue weighted by Crippen LogP contribution is -2.10. The van der Waals surface area contributed by atoms with Gasteiger partial charge in [-0.2, -0.15) is 0 Å². The molecule has 2 rings (SSSR count). The summed E-state index contributed by atoms with van der Waals surface area (Å²) in [6.45, 7) is 8.04. The Kier molecular flexibility index (Phi) is 3.18. The third kappa shape index (κ3) is 2.67. The Labute approximate surface area is 112 Å². The van der Waals surface area contributed by atoms with E-state index in [2.05, 4.69) is 25.8 Å². The molecule has 0 atom stereocenters. The van der Waals surface area contributed by atoms with Crippen LogP contribution in [0.3, 0.4) is 0 Å². The molecule has 19 heavy (non-hydrogen) atoms. The monoisotopic (exact) mass is 259 g/mol. The number of aromatic nitrogens is 1. The molecule has 100 valence electrons. The first-order valence-electron chi connectivity index (χ1n) is 6.10. The molecule has 2 aromatic rings. The molecule has 0 aliphatic rings. The van der Waals surface area contributed by atoms with Crippen LogP contribution in [0, 0.1) is 6.92 Å². The highest BCUT2D eigenvalue weighted by atomic mass is 16.4. The van der Waals surface area contributed by atoms with Crippen LogP contribution >= 0.6 is 0 Å². The summed E-state index contributed by atoms with van der Waals surface area (Å²) >= 11 is 0. The van der Waals surface area contributed by atoms with Crippen molar-refractivity contribution in [1.29, 1.82) is 0 Å². The molecule has 0 bridgehead atoms. The van der Waals surface area contributed by atoms with E-state index in [-0.39, 0.29) is 11.2 Å². The van der Waals surface area contributed by atoms with E-state index in [1.54, 1.807) is 6.92 Å². The average Bonchev–Trinajstić information content (AvgIpc) is 2.70. The minimum Gasteiger partial charge on any atom is -0.475 e. The third-order valence-corrected chi connectivity index (χ3v) is 2.99. The van der Waals surface area contributed by atoms with E-state index in [9.17, 15) is 4.79 Å². The Bertz CT molecular complexity index is 603. The highest BCUT2D eigenvalue weighted by Gasteiger charge is 2.18. The van der Waals surface area contributed by atoms with Crippen LogP contribution in [-0.2, 0) is 5.41 Å². The van der Waals surface area contributed by atoms with Gasteiger partial charge >= 0.3 is 5.97 Å². The van der Waals surface area contributed by atoms with Gasteiger partial charge in [0.05, 0.1) is 5.69 Å². The topological polar surface area (TPSA) is 63.3 Å². The van der Waals surface area contributed by atoms with Crippen LogP contribution in [0.5, 0.6) is 0 Å². The summed E-state index contributed by atoms with van der Waals surface area (Å²) in [5.41, 5.74) is 2.46. The summed E-state index contributed by atoms with van der Waals surface area (Å²) in [4.78, 5) is 15.1. The molecule has 0 aliphatic heterocycles. The Balaban J connectivity index is 2.38. The van der Waals surface area contributed by atoms with Crippen molar-refractivity contribution in [3.63, 3.8) is 0 Å². The van der Waals surface area contributed by atoms with Crippen LogP contribution in [0.2, 0.25) is 0 Å². The molecule has 0 radical (unpaired) electrons. The zero-order valence-electron chi connectivity index (χ0n) is 11.5. The molecular weight excluding hydrogens is 242 g/mol. The molecule has 1 aromatic carbocycles. The van der Waals surface area contributed by atoms with Gasteiger partial charge in [-0.3, -0.25) is 0 Å². The van der Waals surface area contributed by atoms with Crippen LogP contribution < -0.4 is 0 Å². The van der Waals surface area contributed by atoms with Crippen molar-refractivity contribution in [2.75, 3.05) is 0 Å². The van der Waals surface area contributed by atoms with E-state index in [4.69, 9.17) is 9.52 Å². The summed E-state index contributed by atoms with van der Waals surface area (Å²) < 4.78 is 5.28. The van der Waals surface area contributed by atoms with Gasteiger partial charge in [0.2, 0.25) is 11.7 Å². The number of aryl methyl sites for hydroxylation is 1. The molecule has 0 spiro atoms. The molecule has 0 unspecified atom stereocenters. The molecule has 0 aliphatic carbocycles. The number of rotatable bonds is 2. The maximum atomic E-state index is 10.9. The van der Waals surface area contributed by atoms with Crippen molar-refractivity contribution < 1.29 is 14.3 Å². The zero-order chi connectivity index (χ0) is 14.2. The SMILES string of the molecule is Cc1nc(-c2ccc(C(C)(C)C)cc2)oc1C(=O)O. The van der Waals surface area contributed by atoms with E-state index >= 15 is 0 Å². The quantitative estimate of drug-likeness (QED) is 0.894. The van der Waals surface area contributed by atoms with Gasteiger partial charge in [-0.1, -0.05) is 32.9 Å². The maximum Gasteiger partial charge on any atom is 0.373 e. The number of carboxylic acid groups (broad SMARTS) is 1. The van der Waals surface area contributed by atoms with Crippen LogP contribution in [0.25, 0.3) is 11.5 Å². The van der Waals surface area contributed by atoms with Crippen molar-refractivity contribution in [3.8, 4) is 11.5 Å². The van der Waals surface area contributed by atoms with Crippen molar-refractivity contribution in [3.05, 3.63) is 41.3 Å². The van der Waals surface area contributed by atoms with Crippen LogP contribution in [0.1, 0.15) is 42.6 Å². The van der Waals surface area contributed by atoms with Crippen molar-refractivity contribution >= 4 is 5.97 Å². The lowest BCUT2D eigenvalue weighted by molar-refractivity contribution is 0.0662. The van der Waals surface area contributed by atoms with Gasteiger partial charge in [-0.05, 0) is 30.0 Å². The first-order chi connectivity index (χ1) is 8.79. The molecule has 0 amide bonds. The fourth-order valence-electron chi connectivity index (χ4n) is 1.83. The Morgan fingerprint density at radius 1 is 1.21 bits per heavy atom. The van der Waals surface area contributed by atoms with E-state index in [1.165, 1.54) is 5.56 Å². The highest BCUT2D eigenvalue weighted by molar-refractivity contribution is 5.86. The van der Waals surface area contributed by atoms with Gasteiger partial charge in [0.1, 0.15) is 0 Å². The first kappa shape index (κ1) is 13.3. The van der Waals surface area contributed by atoms with Gasteiger partial charge < -0.3 is 9.52 Å². The van der Waals surface area contributed by atoms with Crippen molar-refractivity contribution in [2.24, 2.45) is 0 Å². The number of hydrogen-bond acceptors (Lipinski definition) is 3. The number of benzene rings is 1. The van der Waals surface area contributed by atoms with Gasteiger partial charge in [-0.25, -0.2) is 9.78 Å². The fraction of sp³-hybridized carbons (Fsp3) is 0.333. The predicted molar refractivity (Wildman–Crippen MR) is 72.3 cm³/mol.